The van der Waals surface area contributed by atoms with Gasteiger partial charge in [-0.1, -0.05) is 0 Å². The molecular weight excluding hydrogens is 254 g/mol. The molecule has 0 radical (unpaired) electrons. The lowest BCUT2D eigenvalue weighted by Gasteiger charge is -2.16. The highest BCUT2D eigenvalue weighted by Gasteiger charge is 2.26. The molecule has 2 heterocycles. The van der Waals surface area contributed by atoms with E-state index in [1.165, 1.54) is 0 Å². The van der Waals surface area contributed by atoms with Crippen LogP contribution in [-0.2, 0) is 7.05 Å². The third-order valence-electron chi connectivity index (χ3n) is 4.18. The first-order valence-electron chi connectivity index (χ1n) is 6.93. The number of benzene rings is 1. The highest BCUT2D eigenvalue weighted by atomic mass is 16.3. The Hall–Kier alpha value is -1.88. The second-order valence-corrected chi connectivity index (χ2v) is 5.51. The molecule has 20 heavy (non-hydrogen) atoms. The lowest BCUT2D eigenvalue weighted by atomic mass is 10.1. The van der Waals surface area contributed by atoms with Crippen LogP contribution < -0.4 is 0 Å². The minimum atomic E-state index is 0.0335. The molecule has 1 aromatic heterocycles. The minimum absolute atomic E-state index is 0.0335. The van der Waals surface area contributed by atoms with E-state index in [-0.39, 0.29) is 18.4 Å². The molecule has 0 aliphatic carbocycles. The summed E-state index contributed by atoms with van der Waals surface area (Å²) in [5, 5.41) is 9.16. The Morgan fingerprint density at radius 2 is 2.30 bits per heavy atom. The Balaban J connectivity index is 1.89. The van der Waals surface area contributed by atoms with Gasteiger partial charge in [-0.2, -0.15) is 0 Å². The summed E-state index contributed by atoms with van der Waals surface area (Å²) in [5.74, 6) is 1.19. The fraction of sp³-hybridized carbons (Fsp3) is 0.467. The van der Waals surface area contributed by atoms with Crippen LogP contribution in [0.5, 0.6) is 0 Å². The molecule has 0 bridgehead atoms. The monoisotopic (exact) mass is 273 g/mol. The number of likely N-dealkylation sites (tertiary alicyclic amines) is 1. The average Bonchev–Trinajstić information content (AvgIpc) is 3.04. The molecule has 5 nitrogen and oxygen atoms in total. The van der Waals surface area contributed by atoms with Gasteiger partial charge in [0.15, 0.2) is 0 Å². The largest absolute Gasteiger partial charge is 0.396 e. The first kappa shape index (κ1) is 13.1. The molecule has 1 aliphatic heterocycles. The van der Waals surface area contributed by atoms with Crippen LogP contribution in [0.2, 0.25) is 0 Å². The zero-order valence-electron chi connectivity index (χ0n) is 11.8. The van der Waals surface area contributed by atoms with Crippen molar-refractivity contribution in [3.8, 4) is 0 Å². The van der Waals surface area contributed by atoms with Crippen molar-refractivity contribution in [2.24, 2.45) is 13.0 Å². The van der Waals surface area contributed by atoms with Crippen LogP contribution in [0, 0.1) is 12.8 Å². The molecule has 3 rings (SSSR count). The van der Waals surface area contributed by atoms with Gasteiger partial charge in [-0.25, -0.2) is 4.98 Å². The van der Waals surface area contributed by atoms with Crippen molar-refractivity contribution in [1.29, 1.82) is 0 Å². The number of aromatic nitrogens is 2. The summed E-state index contributed by atoms with van der Waals surface area (Å²) < 4.78 is 2.02. The maximum atomic E-state index is 12.5. The van der Waals surface area contributed by atoms with E-state index in [1.54, 1.807) is 0 Å². The maximum Gasteiger partial charge on any atom is 0.253 e. The molecule has 0 saturated carbocycles. The van der Waals surface area contributed by atoms with Crippen molar-refractivity contribution in [2.45, 2.75) is 13.3 Å². The van der Waals surface area contributed by atoms with Gasteiger partial charge in [-0.3, -0.25) is 4.79 Å². The number of aliphatic hydroxyl groups is 1. The molecule has 1 fully saturated rings. The molecule has 5 heteroatoms. The predicted molar refractivity (Wildman–Crippen MR) is 76.5 cm³/mol. The summed E-state index contributed by atoms with van der Waals surface area (Å²) >= 11 is 0. The molecule has 1 saturated heterocycles. The average molecular weight is 273 g/mol. The van der Waals surface area contributed by atoms with Crippen molar-refractivity contribution >= 4 is 16.9 Å². The van der Waals surface area contributed by atoms with Gasteiger partial charge in [0.1, 0.15) is 5.82 Å². The molecule has 2 aromatic rings. The van der Waals surface area contributed by atoms with Gasteiger partial charge >= 0.3 is 0 Å². The summed E-state index contributed by atoms with van der Waals surface area (Å²) in [6.45, 7) is 3.48. The fourth-order valence-electron chi connectivity index (χ4n) is 2.80. The van der Waals surface area contributed by atoms with E-state index in [1.807, 2.05) is 41.6 Å². The van der Waals surface area contributed by atoms with E-state index >= 15 is 0 Å². The van der Waals surface area contributed by atoms with Gasteiger partial charge in [0.05, 0.1) is 11.0 Å². The number of carbonyl (C=O) groups excluding carboxylic acids is 1. The minimum Gasteiger partial charge on any atom is -0.396 e. The molecular formula is C15H19N3O2. The first-order chi connectivity index (χ1) is 9.60. The lowest BCUT2D eigenvalue weighted by Crippen LogP contribution is -2.29. The lowest BCUT2D eigenvalue weighted by molar-refractivity contribution is 0.0782. The molecule has 1 N–H and O–H groups in total. The van der Waals surface area contributed by atoms with Crippen LogP contribution in [0.4, 0.5) is 0 Å². The van der Waals surface area contributed by atoms with Crippen LogP contribution in [0.1, 0.15) is 22.6 Å². The number of hydrogen-bond donors (Lipinski definition) is 1. The van der Waals surface area contributed by atoms with Crippen molar-refractivity contribution in [1.82, 2.24) is 14.5 Å². The van der Waals surface area contributed by atoms with Gasteiger partial charge in [0.25, 0.3) is 5.91 Å². The van der Waals surface area contributed by atoms with E-state index in [0.717, 1.165) is 29.8 Å². The van der Waals surface area contributed by atoms with Crippen LogP contribution in [0.3, 0.4) is 0 Å². The first-order valence-corrected chi connectivity index (χ1v) is 6.93. The van der Waals surface area contributed by atoms with Crippen LogP contribution in [-0.4, -0.2) is 45.2 Å². The number of imidazole rings is 1. The van der Waals surface area contributed by atoms with Crippen molar-refractivity contribution < 1.29 is 9.90 Å². The Morgan fingerprint density at radius 3 is 3.00 bits per heavy atom. The number of hydrogen-bond acceptors (Lipinski definition) is 3. The SMILES string of the molecule is Cc1nc2cc(C(=O)N3CCC(CO)C3)ccc2n1C. The van der Waals surface area contributed by atoms with Crippen molar-refractivity contribution in [3.63, 3.8) is 0 Å². The summed E-state index contributed by atoms with van der Waals surface area (Å²) in [6.07, 6.45) is 0.882. The van der Waals surface area contributed by atoms with Crippen molar-refractivity contribution in [2.75, 3.05) is 19.7 Å². The predicted octanol–water partition coefficient (Wildman–Crippen LogP) is 1.34. The third kappa shape index (κ3) is 2.08. The number of amides is 1. The van der Waals surface area contributed by atoms with Crippen LogP contribution in [0.15, 0.2) is 18.2 Å². The molecule has 0 spiro atoms. The van der Waals surface area contributed by atoms with Gasteiger partial charge in [-0.15, -0.1) is 0 Å². The standard InChI is InChI=1S/C15H19N3O2/c1-10-16-13-7-12(3-4-14(13)17(10)2)15(20)18-6-5-11(8-18)9-19/h3-4,7,11,19H,5-6,8-9H2,1-2H3. The zero-order chi connectivity index (χ0) is 14.3. The summed E-state index contributed by atoms with van der Waals surface area (Å²) in [6, 6.07) is 5.66. The molecule has 1 unspecified atom stereocenters. The van der Waals surface area contributed by atoms with Gasteiger partial charge in [0.2, 0.25) is 0 Å². The molecule has 1 atom stereocenters. The summed E-state index contributed by atoms with van der Waals surface area (Å²) in [7, 11) is 1.97. The smallest absolute Gasteiger partial charge is 0.253 e. The number of aryl methyl sites for hydroxylation is 2. The highest BCUT2D eigenvalue weighted by Crippen LogP contribution is 2.21. The van der Waals surface area contributed by atoms with Crippen LogP contribution in [0.25, 0.3) is 11.0 Å². The highest BCUT2D eigenvalue weighted by molar-refractivity contribution is 5.97. The van der Waals surface area contributed by atoms with Crippen molar-refractivity contribution in [3.05, 3.63) is 29.6 Å². The maximum absolute atomic E-state index is 12.5. The molecule has 1 aliphatic rings. The number of aliphatic hydroxyl groups excluding tert-OH is 1. The quantitative estimate of drug-likeness (QED) is 0.898. The van der Waals surface area contributed by atoms with Gasteiger partial charge < -0.3 is 14.6 Å². The molecule has 106 valence electrons. The third-order valence-corrected chi connectivity index (χ3v) is 4.18. The Kier molecular flexibility index (Phi) is 3.22. The number of carbonyl (C=O) groups is 1. The zero-order valence-corrected chi connectivity index (χ0v) is 11.8. The second kappa shape index (κ2) is 4.90. The number of rotatable bonds is 2. The van der Waals surface area contributed by atoms with E-state index in [4.69, 9.17) is 5.11 Å². The van der Waals surface area contributed by atoms with E-state index in [9.17, 15) is 4.79 Å². The topological polar surface area (TPSA) is 58.4 Å². The summed E-state index contributed by atoms with van der Waals surface area (Å²) in [4.78, 5) is 18.7. The molecule has 1 amide bonds. The van der Waals surface area contributed by atoms with E-state index in [0.29, 0.717) is 12.1 Å². The Bertz CT molecular complexity index is 662. The Labute approximate surface area is 117 Å². The fourth-order valence-corrected chi connectivity index (χ4v) is 2.80. The Morgan fingerprint density at radius 1 is 1.50 bits per heavy atom. The number of nitrogens with zero attached hydrogens (tertiary/aromatic N) is 3. The summed E-state index contributed by atoms with van der Waals surface area (Å²) in [5.41, 5.74) is 2.57. The number of fused-ring (bicyclic) bond motifs is 1. The van der Waals surface area contributed by atoms with Gasteiger partial charge in [0, 0.05) is 38.2 Å². The molecule has 1 aromatic carbocycles. The second-order valence-electron chi connectivity index (χ2n) is 5.51. The normalized spacial score (nSPS) is 18.9. The van der Waals surface area contributed by atoms with E-state index < -0.39 is 0 Å². The van der Waals surface area contributed by atoms with Crippen LogP contribution >= 0.6 is 0 Å². The van der Waals surface area contributed by atoms with Gasteiger partial charge in [-0.05, 0) is 31.5 Å². The van der Waals surface area contributed by atoms with E-state index in [2.05, 4.69) is 4.98 Å².